The molecule has 0 heterocycles. The molecule has 0 aromatic carbocycles. The van der Waals surface area contributed by atoms with Crippen LogP contribution in [0.3, 0.4) is 0 Å². The second kappa shape index (κ2) is 9.42. The molecule has 0 spiro atoms. The summed E-state index contributed by atoms with van der Waals surface area (Å²) in [4.78, 5) is 3.89. The van der Waals surface area contributed by atoms with E-state index < -0.39 is 6.10 Å². The normalized spacial score (nSPS) is 28.0. The van der Waals surface area contributed by atoms with Gasteiger partial charge < -0.3 is 5.11 Å². The van der Waals surface area contributed by atoms with E-state index in [-0.39, 0.29) is 22.5 Å². The fourth-order valence-corrected chi connectivity index (χ4v) is 3.14. The van der Waals surface area contributed by atoms with Crippen molar-refractivity contribution in [3.8, 4) is 0 Å². The number of hydrogen-bond donors (Lipinski definition) is 1. The number of aliphatic hydroxyl groups is 1. The Labute approximate surface area is 146 Å². The summed E-state index contributed by atoms with van der Waals surface area (Å²) < 4.78 is -0.0413. The van der Waals surface area contributed by atoms with Gasteiger partial charge in [0.2, 0.25) is 0 Å². The first-order valence-electron chi connectivity index (χ1n) is 6.98. The van der Waals surface area contributed by atoms with Crippen molar-refractivity contribution in [1.82, 2.24) is 0 Å². The van der Waals surface area contributed by atoms with Crippen molar-refractivity contribution in [2.75, 3.05) is 6.54 Å². The van der Waals surface area contributed by atoms with Gasteiger partial charge in [-0.1, -0.05) is 28.8 Å². The molecule has 0 aliphatic heterocycles. The minimum absolute atomic E-state index is 0.0413. The van der Waals surface area contributed by atoms with Gasteiger partial charge in [-0.25, -0.2) is 0 Å². The maximum absolute atomic E-state index is 10.1. The molecule has 1 N–H and O–H groups in total. The van der Waals surface area contributed by atoms with Gasteiger partial charge in [0, 0.05) is 5.03 Å². The number of nitrogens with zero attached hydrogens (tertiary/aromatic N) is 1. The summed E-state index contributed by atoms with van der Waals surface area (Å²) in [5.74, 6) is 0.213. The fraction of sp³-hybridized carbons (Fsp3) is 0.667. The Kier molecular flexibility index (Phi) is 8.66. The van der Waals surface area contributed by atoms with Crippen LogP contribution in [0.1, 0.15) is 39.5 Å². The monoisotopic (exact) mass is 371 g/mol. The highest BCUT2D eigenvalue weighted by Gasteiger charge is 2.33. The summed E-state index contributed by atoms with van der Waals surface area (Å²) in [7, 11) is 0. The Hall–Kier alpha value is 0.270. The summed E-state index contributed by atoms with van der Waals surface area (Å²) in [6.45, 7) is 4.40. The molecule has 2 nitrogen and oxygen atoms in total. The van der Waals surface area contributed by atoms with Crippen LogP contribution in [0.15, 0.2) is 27.2 Å². The van der Waals surface area contributed by atoms with E-state index in [4.69, 9.17) is 46.4 Å². The lowest BCUT2D eigenvalue weighted by Crippen LogP contribution is -2.34. The molecule has 0 aromatic heterocycles. The third-order valence-corrected chi connectivity index (χ3v) is 4.87. The summed E-state index contributed by atoms with van der Waals surface area (Å²) in [6.07, 6.45) is 4.78. The molecule has 3 atom stereocenters. The first-order chi connectivity index (χ1) is 9.81. The molecule has 0 unspecified atom stereocenters. The lowest BCUT2D eigenvalue weighted by Gasteiger charge is -2.33. The van der Waals surface area contributed by atoms with Crippen LogP contribution in [0, 0.1) is 5.92 Å². The van der Waals surface area contributed by atoms with E-state index >= 15 is 0 Å². The maximum atomic E-state index is 10.1. The molecular formula is C15H21Cl4NO. The zero-order chi connectivity index (χ0) is 16.0. The van der Waals surface area contributed by atoms with Gasteiger partial charge in [-0.05, 0) is 68.7 Å². The van der Waals surface area contributed by atoms with Gasteiger partial charge >= 0.3 is 0 Å². The van der Waals surface area contributed by atoms with Crippen molar-refractivity contribution in [3.05, 3.63) is 22.3 Å². The van der Waals surface area contributed by atoms with Crippen LogP contribution in [0.4, 0.5) is 0 Å². The van der Waals surface area contributed by atoms with Crippen LogP contribution in [-0.4, -0.2) is 27.8 Å². The Balaban J connectivity index is 2.74. The van der Waals surface area contributed by atoms with Crippen LogP contribution in [-0.2, 0) is 0 Å². The number of aliphatic hydroxyl groups excluding tert-OH is 1. The fourth-order valence-electron chi connectivity index (χ4n) is 2.50. The smallest absolute Gasteiger partial charge is 0.192 e. The van der Waals surface area contributed by atoms with Crippen molar-refractivity contribution in [1.29, 1.82) is 0 Å². The highest BCUT2D eigenvalue weighted by Crippen LogP contribution is 2.37. The van der Waals surface area contributed by atoms with Gasteiger partial charge in [-0.2, -0.15) is 0 Å². The molecule has 0 bridgehead atoms. The molecule has 1 fully saturated rings. The first kappa shape index (κ1) is 19.3. The van der Waals surface area contributed by atoms with Gasteiger partial charge in [-0.15, -0.1) is 11.6 Å². The lowest BCUT2D eigenvalue weighted by atomic mass is 9.80. The van der Waals surface area contributed by atoms with E-state index in [1.54, 1.807) is 0 Å². The molecule has 6 heteroatoms. The predicted molar refractivity (Wildman–Crippen MR) is 93.9 cm³/mol. The molecule has 21 heavy (non-hydrogen) atoms. The number of hydrogen-bond acceptors (Lipinski definition) is 2. The van der Waals surface area contributed by atoms with E-state index in [0.717, 1.165) is 24.8 Å². The molecule has 1 aliphatic carbocycles. The highest BCUT2D eigenvalue weighted by molar-refractivity contribution is 6.95. The molecule has 1 aliphatic rings. The van der Waals surface area contributed by atoms with Gasteiger partial charge in [0.1, 0.15) is 0 Å². The zero-order valence-corrected chi connectivity index (χ0v) is 15.3. The summed E-state index contributed by atoms with van der Waals surface area (Å²) >= 11 is 23.6. The average Bonchev–Trinajstić information content (AvgIpc) is 2.40. The molecule has 0 saturated heterocycles. The van der Waals surface area contributed by atoms with Gasteiger partial charge in [0.05, 0.1) is 18.0 Å². The third-order valence-electron chi connectivity index (χ3n) is 3.59. The first-order valence-corrected chi connectivity index (χ1v) is 8.55. The number of allylic oxidation sites excluding steroid dienone is 2. The Morgan fingerprint density at radius 2 is 1.95 bits per heavy atom. The van der Waals surface area contributed by atoms with Gasteiger partial charge in [-0.3, -0.25) is 4.99 Å². The van der Waals surface area contributed by atoms with Gasteiger partial charge in [0.25, 0.3) is 0 Å². The standard InChI is InChI=1S/C15H21Cl4NO/c1-9(2)4-3-5-10-6-11(7-13(21)14(10)17)12(16)8-20-15(18)19/h4,10,13-14,21H,3,5-8H2,1-2H3/b12-11+/t10-,13+,14+/m1/s1. The van der Waals surface area contributed by atoms with E-state index in [1.165, 1.54) is 5.57 Å². The van der Waals surface area contributed by atoms with Crippen LogP contribution >= 0.6 is 46.4 Å². The largest absolute Gasteiger partial charge is 0.391 e. The predicted octanol–water partition coefficient (Wildman–Crippen LogP) is 5.44. The molecule has 120 valence electrons. The van der Waals surface area contributed by atoms with Crippen LogP contribution in [0.5, 0.6) is 0 Å². The highest BCUT2D eigenvalue weighted by atomic mass is 35.5. The van der Waals surface area contributed by atoms with Crippen molar-refractivity contribution in [2.24, 2.45) is 10.9 Å². The van der Waals surface area contributed by atoms with Crippen molar-refractivity contribution < 1.29 is 5.11 Å². The van der Waals surface area contributed by atoms with Crippen molar-refractivity contribution in [2.45, 2.75) is 51.0 Å². The second-order valence-corrected chi connectivity index (χ2v) is 7.47. The van der Waals surface area contributed by atoms with E-state index in [1.807, 2.05) is 0 Å². The third kappa shape index (κ3) is 6.92. The number of aliphatic imine (C=N–C) groups is 1. The Bertz CT molecular complexity index is 437. The number of halogens is 4. The maximum Gasteiger partial charge on any atom is 0.192 e. The molecule has 1 rings (SSSR count). The second-order valence-electron chi connectivity index (χ2n) is 5.60. The quantitative estimate of drug-likeness (QED) is 0.389. The number of rotatable bonds is 5. The van der Waals surface area contributed by atoms with E-state index in [0.29, 0.717) is 11.5 Å². The zero-order valence-electron chi connectivity index (χ0n) is 12.3. The summed E-state index contributed by atoms with van der Waals surface area (Å²) in [5.41, 5.74) is 2.29. The van der Waals surface area contributed by atoms with Crippen LogP contribution in [0.2, 0.25) is 0 Å². The Morgan fingerprint density at radius 3 is 2.52 bits per heavy atom. The number of alkyl halides is 1. The summed E-state index contributed by atoms with van der Waals surface area (Å²) in [5, 5.41) is 10.5. The molecule has 0 amide bonds. The minimum atomic E-state index is -0.573. The topological polar surface area (TPSA) is 32.6 Å². The molecule has 1 saturated carbocycles. The van der Waals surface area contributed by atoms with Crippen LogP contribution < -0.4 is 0 Å². The van der Waals surface area contributed by atoms with Crippen molar-refractivity contribution >= 4 is 51.0 Å². The van der Waals surface area contributed by atoms with E-state index in [2.05, 4.69) is 24.9 Å². The Morgan fingerprint density at radius 1 is 1.29 bits per heavy atom. The molecule has 0 radical (unpaired) electrons. The van der Waals surface area contributed by atoms with Crippen molar-refractivity contribution in [3.63, 3.8) is 0 Å². The van der Waals surface area contributed by atoms with Gasteiger partial charge in [0.15, 0.2) is 4.63 Å². The minimum Gasteiger partial charge on any atom is -0.391 e. The molecular weight excluding hydrogens is 352 g/mol. The average molecular weight is 373 g/mol. The lowest BCUT2D eigenvalue weighted by molar-refractivity contribution is 0.126. The van der Waals surface area contributed by atoms with E-state index in [9.17, 15) is 5.11 Å². The van der Waals surface area contributed by atoms with Crippen LogP contribution in [0.25, 0.3) is 0 Å². The summed E-state index contributed by atoms with van der Waals surface area (Å²) in [6, 6.07) is 0. The molecule has 0 aromatic rings. The SMILES string of the molecule is CC(C)=CCC[C@@H]1C/C(=C(\Cl)CN=C(Cl)Cl)C[C@H](O)[C@H]1Cl.